The average Bonchev–Trinajstić information content (AvgIpc) is 2.25. The van der Waals surface area contributed by atoms with Crippen molar-refractivity contribution < 1.29 is 9.53 Å². The van der Waals surface area contributed by atoms with Crippen LogP contribution in [0.1, 0.15) is 32.1 Å². The molecular formula is C12H22N2O2. The number of piperidine rings is 1. The van der Waals surface area contributed by atoms with Gasteiger partial charge in [-0.25, -0.2) is 0 Å². The van der Waals surface area contributed by atoms with E-state index in [2.05, 4.69) is 10.6 Å². The van der Waals surface area contributed by atoms with Crippen LogP contribution in [-0.2, 0) is 9.53 Å². The molecule has 0 radical (unpaired) electrons. The molecule has 2 N–H and O–H groups in total. The Kier molecular flexibility index (Phi) is 3.82. The SMILES string of the molecule is COCC1(C(=O)NC2CCC2)CCNCC1. The van der Waals surface area contributed by atoms with Gasteiger partial charge in [0.2, 0.25) is 5.91 Å². The van der Waals surface area contributed by atoms with E-state index in [-0.39, 0.29) is 11.3 Å². The normalized spacial score (nSPS) is 24.8. The van der Waals surface area contributed by atoms with Gasteiger partial charge < -0.3 is 15.4 Å². The summed E-state index contributed by atoms with van der Waals surface area (Å²) in [6, 6.07) is 0.427. The standard InChI is InChI=1S/C12H22N2O2/c1-16-9-12(5-7-13-8-6-12)11(15)14-10-3-2-4-10/h10,13H,2-9H2,1H3,(H,14,15). The Morgan fingerprint density at radius 1 is 1.44 bits per heavy atom. The third-order valence-electron chi connectivity index (χ3n) is 3.90. The summed E-state index contributed by atoms with van der Waals surface area (Å²) in [6.45, 7) is 2.39. The largest absolute Gasteiger partial charge is 0.384 e. The lowest BCUT2D eigenvalue weighted by molar-refractivity contribution is -0.137. The Bertz CT molecular complexity index is 240. The van der Waals surface area contributed by atoms with Crippen LogP contribution < -0.4 is 10.6 Å². The molecule has 92 valence electrons. The summed E-state index contributed by atoms with van der Waals surface area (Å²) in [4.78, 5) is 12.3. The summed E-state index contributed by atoms with van der Waals surface area (Å²) in [5.41, 5.74) is -0.282. The number of hydrogen-bond acceptors (Lipinski definition) is 3. The van der Waals surface area contributed by atoms with E-state index in [1.165, 1.54) is 6.42 Å². The van der Waals surface area contributed by atoms with Crippen LogP contribution in [-0.4, -0.2) is 38.8 Å². The Morgan fingerprint density at radius 2 is 2.12 bits per heavy atom. The van der Waals surface area contributed by atoms with E-state index in [4.69, 9.17) is 4.74 Å². The summed E-state index contributed by atoms with van der Waals surface area (Å²) < 4.78 is 5.25. The molecule has 1 amide bonds. The number of carbonyl (C=O) groups is 1. The number of rotatable bonds is 4. The maximum Gasteiger partial charge on any atom is 0.228 e. The first-order valence-corrected chi connectivity index (χ1v) is 6.27. The summed E-state index contributed by atoms with van der Waals surface area (Å²) in [5, 5.41) is 6.46. The summed E-state index contributed by atoms with van der Waals surface area (Å²) in [6.07, 6.45) is 5.32. The van der Waals surface area contributed by atoms with Gasteiger partial charge in [-0.3, -0.25) is 4.79 Å². The molecule has 0 aromatic heterocycles. The molecule has 0 spiro atoms. The summed E-state index contributed by atoms with van der Waals surface area (Å²) >= 11 is 0. The number of carbonyl (C=O) groups excluding carboxylic acids is 1. The van der Waals surface area contributed by atoms with Crippen LogP contribution in [0.2, 0.25) is 0 Å². The van der Waals surface area contributed by atoms with Gasteiger partial charge in [0, 0.05) is 13.2 Å². The van der Waals surface area contributed by atoms with Gasteiger partial charge in [0.25, 0.3) is 0 Å². The van der Waals surface area contributed by atoms with Gasteiger partial charge in [-0.15, -0.1) is 0 Å². The monoisotopic (exact) mass is 226 g/mol. The van der Waals surface area contributed by atoms with Crippen LogP contribution in [0, 0.1) is 5.41 Å². The van der Waals surface area contributed by atoms with Crippen LogP contribution in [0.15, 0.2) is 0 Å². The highest BCUT2D eigenvalue weighted by Gasteiger charge is 2.40. The Hall–Kier alpha value is -0.610. The minimum Gasteiger partial charge on any atom is -0.384 e. The molecule has 1 aliphatic carbocycles. The topological polar surface area (TPSA) is 50.4 Å². The molecule has 1 aliphatic heterocycles. The first-order chi connectivity index (χ1) is 7.77. The molecule has 4 nitrogen and oxygen atoms in total. The van der Waals surface area contributed by atoms with Gasteiger partial charge in [0.15, 0.2) is 0 Å². The first-order valence-electron chi connectivity index (χ1n) is 6.27. The van der Waals surface area contributed by atoms with Crippen molar-refractivity contribution in [3.05, 3.63) is 0 Å². The summed E-state index contributed by atoms with van der Waals surface area (Å²) in [5.74, 6) is 0.209. The zero-order valence-corrected chi connectivity index (χ0v) is 10.1. The number of hydrogen-bond donors (Lipinski definition) is 2. The molecular weight excluding hydrogens is 204 g/mol. The highest BCUT2D eigenvalue weighted by Crippen LogP contribution is 2.30. The fourth-order valence-electron chi connectivity index (χ4n) is 2.51. The lowest BCUT2D eigenvalue weighted by Crippen LogP contribution is -2.53. The van der Waals surface area contributed by atoms with Crippen molar-refractivity contribution in [1.29, 1.82) is 0 Å². The highest BCUT2D eigenvalue weighted by atomic mass is 16.5. The average molecular weight is 226 g/mol. The maximum atomic E-state index is 12.3. The van der Waals surface area contributed by atoms with Gasteiger partial charge >= 0.3 is 0 Å². The van der Waals surface area contributed by atoms with Crippen molar-refractivity contribution in [2.45, 2.75) is 38.1 Å². The van der Waals surface area contributed by atoms with E-state index < -0.39 is 0 Å². The van der Waals surface area contributed by atoms with Crippen LogP contribution in [0.5, 0.6) is 0 Å². The van der Waals surface area contributed by atoms with Crippen molar-refractivity contribution in [2.75, 3.05) is 26.8 Å². The number of nitrogens with one attached hydrogen (secondary N) is 2. The Labute approximate surface area is 97.1 Å². The molecule has 0 bridgehead atoms. The van der Waals surface area contributed by atoms with E-state index in [9.17, 15) is 4.79 Å². The fraction of sp³-hybridized carbons (Fsp3) is 0.917. The van der Waals surface area contributed by atoms with Crippen molar-refractivity contribution >= 4 is 5.91 Å². The second-order valence-electron chi connectivity index (χ2n) is 5.06. The van der Waals surface area contributed by atoms with Crippen LogP contribution >= 0.6 is 0 Å². The number of amides is 1. The predicted octanol–water partition coefficient (Wildman–Crippen LogP) is 0.671. The van der Waals surface area contributed by atoms with E-state index in [1.807, 2.05) is 0 Å². The van der Waals surface area contributed by atoms with Gasteiger partial charge in [0.1, 0.15) is 0 Å². The molecule has 0 aromatic carbocycles. The summed E-state index contributed by atoms with van der Waals surface area (Å²) in [7, 11) is 1.68. The quantitative estimate of drug-likeness (QED) is 0.741. The van der Waals surface area contributed by atoms with Crippen molar-refractivity contribution in [3.63, 3.8) is 0 Å². The van der Waals surface area contributed by atoms with Crippen molar-refractivity contribution in [1.82, 2.24) is 10.6 Å². The molecule has 4 heteroatoms. The number of methoxy groups -OCH3 is 1. The molecule has 0 aromatic rings. The number of ether oxygens (including phenoxy) is 1. The lowest BCUT2D eigenvalue weighted by Gasteiger charge is -2.38. The Morgan fingerprint density at radius 3 is 2.62 bits per heavy atom. The smallest absolute Gasteiger partial charge is 0.228 e. The van der Waals surface area contributed by atoms with E-state index in [1.54, 1.807) is 7.11 Å². The van der Waals surface area contributed by atoms with E-state index in [0.717, 1.165) is 38.8 Å². The van der Waals surface area contributed by atoms with Crippen molar-refractivity contribution in [2.24, 2.45) is 5.41 Å². The van der Waals surface area contributed by atoms with Gasteiger partial charge in [-0.1, -0.05) is 0 Å². The molecule has 2 rings (SSSR count). The molecule has 1 heterocycles. The molecule has 2 fully saturated rings. The molecule has 0 atom stereocenters. The lowest BCUT2D eigenvalue weighted by atomic mass is 9.78. The highest BCUT2D eigenvalue weighted by molar-refractivity contribution is 5.83. The van der Waals surface area contributed by atoms with Crippen LogP contribution in [0.25, 0.3) is 0 Å². The van der Waals surface area contributed by atoms with Gasteiger partial charge in [0.05, 0.1) is 12.0 Å². The predicted molar refractivity (Wildman–Crippen MR) is 62.2 cm³/mol. The molecule has 1 saturated carbocycles. The van der Waals surface area contributed by atoms with Gasteiger partial charge in [-0.2, -0.15) is 0 Å². The minimum absolute atomic E-state index is 0.209. The van der Waals surface area contributed by atoms with Crippen LogP contribution in [0.4, 0.5) is 0 Å². The molecule has 1 saturated heterocycles. The maximum absolute atomic E-state index is 12.3. The third-order valence-corrected chi connectivity index (χ3v) is 3.90. The van der Waals surface area contributed by atoms with Crippen LogP contribution in [0.3, 0.4) is 0 Å². The zero-order valence-electron chi connectivity index (χ0n) is 10.1. The van der Waals surface area contributed by atoms with Gasteiger partial charge in [-0.05, 0) is 45.2 Å². The van der Waals surface area contributed by atoms with Crippen molar-refractivity contribution in [3.8, 4) is 0 Å². The fourth-order valence-corrected chi connectivity index (χ4v) is 2.51. The second kappa shape index (κ2) is 5.15. The Balaban J connectivity index is 1.95. The first kappa shape index (κ1) is 11.9. The minimum atomic E-state index is -0.282. The van der Waals surface area contributed by atoms with E-state index >= 15 is 0 Å². The zero-order chi connectivity index (χ0) is 11.4. The molecule has 16 heavy (non-hydrogen) atoms. The third kappa shape index (κ3) is 2.38. The molecule has 0 unspecified atom stereocenters. The van der Waals surface area contributed by atoms with E-state index in [0.29, 0.717) is 12.6 Å². The molecule has 2 aliphatic rings. The second-order valence-corrected chi connectivity index (χ2v) is 5.06.